The Hall–Kier alpha value is -4.21. The zero-order valence-electron chi connectivity index (χ0n) is 31.2. The van der Waals surface area contributed by atoms with E-state index >= 15 is 0 Å². The first-order chi connectivity index (χ1) is 24.7. The lowest BCUT2D eigenvalue weighted by Gasteiger charge is -2.58. The van der Waals surface area contributed by atoms with E-state index < -0.39 is 41.8 Å². The summed E-state index contributed by atoms with van der Waals surface area (Å²) in [5.41, 5.74) is -1.67. The predicted molar refractivity (Wildman–Crippen MR) is 196 cm³/mol. The van der Waals surface area contributed by atoms with Crippen molar-refractivity contribution in [2.45, 2.75) is 85.5 Å². The van der Waals surface area contributed by atoms with E-state index in [4.69, 9.17) is 14.0 Å². The molecule has 1 fully saturated rings. The highest BCUT2D eigenvalue weighted by Crippen LogP contribution is 2.59. The first-order valence-corrected chi connectivity index (χ1v) is 18.8. The molecule has 53 heavy (non-hydrogen) atoms. The van der Waals surface area contributed by atoms with Gasteiger partial charge in [-0.2, -0.15) is 5.10 Å². The van der Waals surface area contributed by atoms with Crippen LogP contribution in [0.5, 0.6) is 11.5 Å². The van der Waals surface area contributed by atoms with Gasteiger partial charge in [0.05, 0.1) is 30.2 Å². The normalized spacial score (nSPS) is 16.5. The monoisotopic (exact) mass is 759 g/mol. The second-order valence-electron chi connectivity index (χ2n) is 15.3. The molecule has 4 N–H and O–H groups in total. The summed E-state index contributed by atoms with van der Waals surface area (Å²) in [5.74, 6) is -1.49. The zero-order chi connectivity index (χ0) is 38.9. The van der Waals surface area contributed by atoms with E-state index in [-0.39, 0.29) is 30.9 Å². The highest BCUT2D eigenvalue weighted by molar-refractivity contribution is 7.46. The van der Waals surface area contributed by atoms with Crippen molar-refractivity contribution in [2.24, 2.45) is 10.8 Å². The molecule has 0 radical (unpaired) electrons. The number of methoxy groups -OCH3 is 1. The summed E-state index contributed by atoms with van der Waals surface area (Å²) >= 11 is 0. The summed E-state index contributed by atoms with van der Waals surface area (Å²) < 4.78 is 59.2. The quantitative estimate of drug-likeness (QED) is 0.107. The molecule has 0 saturated carbocycles. The Labute approximate surface area is 307 Å². The maximum absolute atomic E-state index is 14.0. The van der Waals surface area contributed by atoms with Gasteiger partial charge in [0.15, 0.2) is 23.1 Å². The number of ether oxygens (including phenoxy) is 2. The van der Waals surface area contributed by atoms with Gasteiger partial charge in [-0.05, 0) is 55.3 Å². The number of carbonyl (C=O) groups excluding carboxylic acids is 1. The van der Waals surface area contributed by atoms with Gasteiger partial charge < -0.3 is 29.9 Å². The molecule has 0 bridgehead atoms. The van der Waals surface area contributed by atoms with Crippen LogP contribution in [-0.2, 0) is 20.4 Å². The van der Waals surface area contributed by atoms with Crippen molar-refractivity contribution in [2.75, 3.05) is 30.9 Å². The van der Waals surface area contributed by atoms with Crippen LogP contribution in [0.15, 0.2) is 49.1 Å². The number of phosphoric acid groups is 1. The Morgan fingerprint density at radius 1 is 1.09 bits per heavy atom. The zero-order valence-corrected chi connectivity index (χ0v) is 32.1. The average molecular weight is 760 g/mol. The number of anilines is 3. The molecule has 0 spiro atoms. The number of carbonyl (C=O) groups is 1. The van der Waals surface area contributed by atoms with Crippen LogP contribution in [0.2, 0.25) is 0 Å². The van der Waals surface area contributed by atoms with Crippen LogP contribution in [0.3, 0.4) is 0 Å². The molecule has 1 aliphatic rings. The third-order valence-corrected chi connectivity index (χ3v) is 10.2. The number of fused-ring (bicyclic) bond motifs is 1. The maximum Gasteiger partial charge on any atom is 0.470 e. The molecular formula is C36H48F2N7O7P. The lowest BCUT2D eigenvalue weighted by atomic mass is 9.58. The molecule has 2 aromatic heterocycles. The Bertz CT molecular complexity index is 1980. The Balaban J connectivity index is 1.31. The summed E-state index contributed by atoms with van der Waals surface area (Å²) in [6.07, 6.45) is 5.98. The number of aromatic nitrogens is 4. The minimum atomic E-state index is -4.87. The number of benzene rings is 2. The van der Waals surface area contributed by atoms with Crippen molar-refractivity contribution in [3.63, 3.8) is 0 Å². The summed E-state index contributed by atoms with van der Waals surface area (Å²) in [6.45, 7) is 14.5. The largest absolute Gasteiger partial charge is 0.493 e. The maximum atomic E-state index is 14.0. The van der Waals surface area contributed by atoms with E-state index in [1.54, 1.807) is 18.3 Å². The smallest absolute Gasteiger partial charge is 0.470 e. The van der Waals surface area contributed by atoms with E-state index in [0.29, 0.717) is 46.9 Å². The van der Waals surface area contributed by atoms with Gasteiger partial charge in [0.25, 0.3) is 0 Å². The predicted octanol–water partition coefficient (Wildman–Crippen LogP) is 6.67. The molecule has 1 amide bonds. The second kappa shape index (κ2) is 15.3. The van der Waals surface area contributed by atoms with Gasteiger partial charge in [-0.15, -0.1) is 0 Å². The third-order valence-electron chi connectivity index (χ3n) is 9.65. The number of phosphoric ester groups is 1. The van der Waals surface area contributed by atoms with Crippen molar-refractivity contribution < 1.29 is 41.9 Å². The number of hydrogen-bond donors (Lipinski definition) is 4. The lowest BCUT2D eigenvalue weighted by molar-refractivity contribution is -0.173. The van der Waals surface area contributed by atoms with E-state index in [9.17, 15) is 27.9 Å². The molecular weight excluding hydrogens is 711 g/mol. The molecule has 5 rings (SSSR count). The van der Waals surface area contributed by atoms with Crippen molar-refractivity contribution in [1.29, 1.82) is 0 Å². The fraction of sp³-hybridized carbons (Fsp3) is 0.500. The van der Waals surface area contributed by atoms with Crippen LogP contribution in [0.25, 0.3) is 10.9 Å². The van der Waals surface area contributed by atoms with Gasteiger partial charge in [-0.25, -0.2) is 23.3 Å². The second-order valence-corrected chi connectivity index (χ2v) is 16.5. The standard InChI is InChI=1S/C36H48F2N7O7P/c1-22(45-14-10-13-30(45)36(34(2,3)4,35(5,6)7)52-53(47,48)49)20-51-29-16-27-24(15-28(29)50-8)33(40-21-39-27)42-23-17-41-44(18-23)19-31(46)43-26-12-9-11-25(37)32(26)38/h9,11-12,15-18,21-22,30H,10,13-14,19-20H2,1-8H3,(H,43,46)(H,39,40,42)(H2,47,48,49). The fourth-order valence-corrected chi connectivity index (χ4v) is 8.78. The molecule has 0 aliphatic carbocycles. The Kier molecular flexibility index (Phi) is 11.5. The summed E-state index contributed by atoms with van der Waals surface area (Å²) in [4.78, 5) is 43.8. The van der Waals surface area contributed by atoms with E-state index in [1.807, 2.05) is 48.5 Å². The van der Waals surface area contributed by atoms with Crippen LogP contribution in [0, 0.1) is 22.5 Å². The fourth-order valence-electron chi connectivity index (χ4n) is 7.73. The summed E-state index contributed by atoms with van der Waals surface area (Å²) in [6, 6.07) is 6.55. The molecule has 288 valence electrons. The van der Waals surface area contributed by atoms with Crippen LogP contribution in [0.4, 0.5) is 26.0 Å². The SMILES string of the molecule is COc1cc2c(Nc3cnn(CC(=O)Nc4cccc(F)c4F)c3)ncnc2cc1OCC(C)N1CCCC1C(OP(=O)(O)O)(C(C)(C)C)C(C)(C)C. The number of hydrogen-bond acceptors (Lipinski definition) is 10. The first kappa shape index (κ1) is 40.0. The molecule has 2 atom stereocenters. The van der Waals surface area contributed by atoms with Gasteiger partial charge in [-0.1, -0.05) is 47.6 Å². The van der Waals surface area contributed by atoms with Gasteiger partial charge in [-0.3, -0.25) is 18.9 Å². The highest BCUT2D eigenvalue weighted by Gasteiger charge is 2.62. The van der Waals surface area contributed by atoms with Crippen LogP contribution in [-0.4, -0.2) is 78.3 Å². The summed E-state index contributed by atoms with van der Waals surface area (Å²) in [5, 5.41) is 10.3. The van der Waals surface area contributed by atoms with Crippen molar-refractivity contribution >= 4 is 41.8 Å². The molecule has 2 unspecified atom stereocenters. The van der Waals surface area contributed by atoms with Crippen LogP contribution >= 0.6 is 7.82 Å². The molecule has 4 aromatic rings. The number of rotatable bonds is 13. The minimum absolute atomic E-state index is 0.165. The molecule has 1 saturated heterocycles. The van der Waals surface area contributed by atoms with Gasteiger partial charge >= 0.3 is 7.82 Å². The number of nitrogens with one attached hydrogen (secondary N) is 2. The third kappa shape index (κ3) is 8.62. The van der Waals surface area contributed by atoms with Crippen molar-refractivity contribution in [3.8, 4) is 11.5 Å². The van der Waals surface area contributed by atoms with Crippen molar-refractivity contribution in [3.05, 3.63) is 60.7 Å². The number of halogens is 2. The van der Waals surface area contributed by atoms with Crippen LogP contribution < -0.4 is 20.1 Å². The van der Waals surface area contributed by atoms with Gasteiger partial charge in [0.2, 0.25) is 5.91 Å². The van der Waals surface area contributed by atoms with Gasteiger partial charge in [0.1, 0.15) is 30.9 Å². The average Bonchev–Trinajstić information content (AvgIpc) is 3.73. The minimum Gasteiger partial charge on any atom is -0.493 e. The molecule has 14 nitrogen and oxygen atoms in total. The molecule has 2 aromatic carbocycles. The van der Waals surface area contributed by atoms with Crippen LogP contribution in [0.1, 0.15) is 61.3 Å². The van der Waals surface area contributed by atoms with Gasteiger partial charge in [0, 0.05) is 29.7 Å². The first-order valence-electron chi connectivity index (χ1n) is 17.2. The van der Waals surface area contributed by atoms with Crippen molar-refractivity contribution in [1.82, 2.24) is 24.6 Å². The molecule has 3 heterocycles. The lowest BCUT2D eigenvalue weighted by Crippen LogP contribution is -2.66. The molecule has 17 heteroatoms. The topological polar surface area (TPSA) is 173 Å². The van der Waals surface area contributed by atoms with E-state index in [1.165, 1.54) is 36.4 Å². The summed E-state index contributed by atoms with van der Waals surface area (Å²) in [7, 11) is -3.34. The highest BCUT2D eigenvalue weighted by atomic mass is 31.2. The Morgan fingerprint density at radius 2 is 1.81 bits per heavy atom. The van der Waals surface area contributed by atoms with E-state index in [0.717, 1.165) is 12.5 Å². The number of likely N-dealkylation sites (tertiary alicyclic amines) is 1. The number of amides is 1. The van der Waals surface area contributed by atoms with E-state index in [2.05, 4.69) is 30.6 Å². The number of nitrogens with zero attached hydrogens (tertiary/aromatic N) is 5. The molecule has 1 aliphatic heterocycles. The Morgan fingerprint density at radius 3 is 2.47 bits per heavy atom.